The second kappa shape index (κ2) is 6.33. The Bertz CT molecular complexity index is 372. The van der Waals surface area contributed by atoms with Gasteiger partial charge >= 0.3 is 11.9 Å². The van der Waals surface area contributed by atoms with E-state index in [2.05, 4.69) is 0 Å². The molecule has 5 heteroatoms. The van der Waals surface area contributed by atoms with Gasteiger partial charge in [-0.15, -0.1) is 0 Å². The van der Waals surface area contributed by atoms with Gasteiger partial charge in [-0.25, -0.2) is 0 Å². The summed E-state index contributed by atoms with van der Waals surface area (Å²) in [4.78, 5) is 35.5. The summed E-state index contributed by atoms with van der Waals surface area (Å²) in [6.45, 7) is 3.75. The Labute approximate surface area is 106 Å². The van der Waals surface area contributed by atoms with Crippen molar-refractivity contribution in [1.29, 1.82) is 0 Å². The fraction of sp³-hybridized carbons (Fsp3) is 0.615. The van der Waals surface area contributed by atoms with Crippen LogP contribution in [0.1, 0.15) is 33.1 Å². The number of ether oxygens (including phenoxy) is 2. The maximum atomic E-state index is 12.0. The van der Waals surface area contributed by atoms with Crippen LogP contribution in [0, 0.1) is 5.41 Å². The zero-order valence-electron chi connectivity index (χ0n) is 10.7. The second-order valence-electron chi connectivity index (χ2n) is 4.09. The molecule has 1 aliphatic carbocycles. The van der Waals surface area contributed by atoms with E-state index < -0.39 is 17.4 Å². The minimum atomic E-state index is -1.39. The predicted molar refractivity (Wildman–Crippen MR) is 63.7 cm³/mol. The van der Waals surface area contributed by atoms with Crippen LogP contribution in [0.25, 0.3) is 0 Å². The van der Waals surface area contributed by atoms with Gasteiger partial charge in [-0.05, 0) is 32.8 Å². The van der Waals surface area contributed by atoms with Crippen molar-refractivity contribution in [2.75, 3.05) is 13.2 Å². The third-order valence-electron chi connectivity index (χ3n) is 2.90. The molecule has 1 rings (SSSR count). The lowest BCUT2D eigenvalue weighted by Gasteiger charge is -2.29. The van der Waals surface area contributed by atoms with E-state index in [4.69, 9.17) is 9.47 Å². The van der Waals surface area contributed by atoms with Crippen LogP contribution in [-0.2, 0) is 23.9 Å². The molecule has 0 aromatic heterocycles. The van der Waals surface area contributed by atoms with Crippen LogP contribution in [0.4, 0.5) is 0 Å². The first kappa shape index (κ1) is 14.4. The molecule has 0 aromatic rings. The highest BCUT2D eigenvalue weighted by Gasteiger charge is 2.48. The minimum absolute atomic E-state index is 0.181. The van der Waals surface area contributed by atoms with Crippen molar-refractivity contribution < 1.29 is 23.9 Å². The number of allylic oxidation sites excluding steroid dienone is 2. The molecule has 0 aromatic carbocycles. The highest BCUT2D eigenvalue weighted by Crippen LogP contribution is 2.35. The van der Waals surface area contributed by atoms with E-state index >= 15 is 0 Å². The Kier molecular flexibility index (Phi) is 5.07. The van der Waals surface area contributed by atoms with Crippen molar-refractivity contribution >= 4 is 17.7 Å². The topological polar surface area (TPSA) is 69.7 Å². The Morgan fingerprint density at radius 3 is 2.50 bits per heavy atom. The molecule has 0 radical (unpaired) electrons. The zero-order chi connectivity index (χ0) is 13.6. The van der Waals surface area contributed by atoms with E-state index in [1.165, 1.54) is 6.08 Å². The van der Waals surface area contributed by atoms with E-state index in [0.717, 1.165) is 0 Å². The first-order chi connectivity index (χ1) is 8.56. The Morgan fingerprint density at radius 1 is 1.28 bits per heavy atom. The highest BCUT2D eigenvalue weighted by molar-refractivity contribution is 6.11. The van der Waals surface area contributed by atoms with Crippen LogP contribution in [-0.4, -0.2) is 30.9 Å². The zero-order valence-corrected chi connectivity index (χ0v) is 10.7. The number of esters is 2. The lowest BCUT2D eigenvalue weighted by molar-refractivity contribution is -0.166. The summed E-state index contributed by atoms with van der Waals surface area (Å²) in [5.41, 5.74) is -1.39. The maximum Gasteiger partial charge on any atom is 0.320 e. The van der Waals surface area contributed by atoms with E-state index in [0.29, 0.717) is 12.8 Å². The molecular weight excluding hydrogens is 236 g/mol. The van der Waals surface area contributed by atoms with Gasteiger partial charge in [0.1, 0.15) is 5.41 Å². The largest absolute Gasteiger partial charge is 0.466 e. The SMILES string of the molecule is CCOC(=O)CC1(C(=O)OCC)CCC=CC1=O. The van der Waals surface area contributed by atoms with Crippen LogP contribution in [0.2, 0.25) is 0 Å². The number of ketones is 1. The van der Waals surface area contributed by atoms with E-state index in [1.807, 2.05) is 0 Å². The van der Waals surface area contributed by atoms with Crippen LogP contribution in [0.3, 0.4) is 0 Å². The molecule has 5 nitrogen and oxygen atoms in total. The molecule has 18 heavy (non-hydrogen) atoms. The average Bonchev–Trinajstić information content (AvgIpc) is 2.32. The molecule has 0 aliphatic heterocycles. The van der Waals surface area contributed by atoms with Gasteiger partial charge in [-0.3, -0.25) is 14.4 Å². The van der Waals surface area contributed by atoms with Gasteiger partial charge < -0.3 is 9.47 Å². The molecule has 0 heterocycles. The molecule has 0 fully saturated rings. The number of hydrogen-bond acceptors (Lipinski definition) is 5. The summed E-state index contributed by atoms with van der Waals surface area (Å²) in [7, 11) is 0. The molecule has 0 saturated carbocycles. The van der Waals surface area contributed by atoms with Crippen molar-refractivity contribution in [2.24, 2.45) is 5.41 Å². The molecule has 0 spiro atoms. The number of hydrogen-bond donors (Lipinski definition) is 0. The minimum Gasteiger partial charge on any atom is -0.466 e. The monoisotopic (exact) mass is 254 g/mol. The predicted octanol–water partition coefficient (Wildman–Crippen LogP) is 1.41. The second-order valence-corrected chi connectivity index (χ2v) is 4.09. The average molecular weight is 254 g/mol. The van der Waals surface area contributed by atoms with E-state index in [9.17, 15) is 14.4 Å². The van der Waals surface area contributed by atoms with Gasteiger partial charge in [-0.1, -0.05) is 6.08 Å². The van der Waals surface area contributed by atoms with E-state index in [-0.39, 0.29) is 25.4 Å². The smallest absolute Gasteiger partial charge is 0.320 e. The van der Waals surface area contributed by atoms with E-state index in [1.54, 1.807) is 19.9 Å². The molecule has 0 saturated heterocycles. The van der Waals surface area contributed by atoms with Gasteiger partial charge in [-0.2, -0.15) is 0 Å². The lowest BCUT2D eigenvalue weighted by Crippen LogP contribution is -2.43. The molecular formula is C13H18O5. The van der Waals surface area contributed by atoms with Crippen LogP contribution in [0.5, 0.6) is 0 Å². The van der Waals surface area contributed by atoms with Crippen molar-refractivity contribution in [2.45, 2.75) is 33.1 Å². The van der Waals surface area contributed by atoms with Crippen molar-refractivity contribution in [3.8, 4) is 0 Å². The molecule has 100 valence electrons. The molecule has 0 bridgehead atoms. The third kappa shape index (κ3) is 2.97. The fourth-order valence-electron chi connectivity index (χ4n) is 1.98. The van der Waals surface area contributed by atoms with Crippen molar-refractivity contribution in [3.05, 3.63) is 12.2 Å². The summed E-state index contributed by atoms with van der Waals surface area (Å²) in [5, 5.41) is 0. The normalized spacial score (nSPS) is 22.7. The van der Waals surface area contributed by atoms with Gasteiger partial charge in [0, 0.05) is 0 Å². The summed E-state index contributed by atoms with van der Waals surface area (Å²) in [5.74, 6) is -1.55. The third-order valence-corrected chi connectivity index (χ3v) is 2.90. The number of carbonyl (C=O) groups excluding carboxylic acids is 3. The van der Waals surface area contributed by atoms with Gasteiger partial charge in [0.05, 0.1) is 19.6 Å². The Balaban J connectivity index is 2.94. The first-order valence-corrected chi connectivity index (χ1v) is 6.10. The molecule has 0 N–H and O–H groups in total. The van der Waals surface area contributed by atoms with Gasteiger partial charge in [0.25, 0.3) is 0 Å². The number of carbonyl (C=O) groups is 3. The van der Waals surface area contributed by atoms with Crippen molar-refractivity contribution in [1.82, 2.24) is 0 Å². The van der Waals surface area contributed by atoms with Crippen LogP contribution < -0.4 is 0 Å². The summed E-state index contributed by atoms with van der Waals surface area (Å²) < 4.78 is 9.76. The van der Waals surface area contributed by atoms with Crippen LogP contribution >= 0.6 is 0 Å². The maximum absolute atomic E-state index is 12.0. The summed E-state index contributed by atoms with van der Waals surface area (Å²) >= 11 is 0. The summed E-state index contributed by atoms with van der Waals surface area (Å²) in [6, 6.07) is 0. The standard InChI is InChI=1S/C13H18O5/c1-3-17-11(15)9-13(12(16)18-4-2)8-6-5-7-10(13)14/h5,7H,3-4,6,8-9H2,1-2H3. The molecule has 0 amide bonds. The van der Waals surface area contributed by atoms with Gasteiger partial charge in [0.15, 0.2) is 5.78 Å². The van der Waals surface area contributed by atoms with Crippen molar-refractivity contribution in [3.63, 3.8) is 0 Å². The number of rotatable bonds is 5. The lowest BCUT2D eigenvalue weighted by atomic mass is 9.73. The Hall–Kier alpha value is -1.65. The molecule has 1 atom stereocenters. The Morgan fingerprint density at radius 2 is 1.94 bits per heavy atom. The fourth-order valence-corrected chi connectivity index (χ4v) is 1.98. The van der Waals surface area contributed by atoms with Crippen LogP contribution in [0.15, 0.2) is 12.2 Å². The molecule has 1 aliphatic rings. The quantitative estimate of drug-likeness (QED) is 0.548. The highest BCUT2D eigenvalue weighted by atomic mass is 16.5. The van der Waals surface area contributed by atoms with Gasteiger partial charge in [0.2, 0.25) is 0 Å². The molecule has 1 unspecified atom stereocenters. The summed E-state index contributed by atoms with van der Waals surface area (Å²) in [6.07, 6.45) is 3.66. The first-order valence-electron chi connectivity index (χ1n) is 6.10.